The third kappa shape index (κ3) is 6.25. The molecule has 2 nitrogen and oxygen atoms in total. The molecule has 0 aliphatic heterocycles. The van der Waals surface area contributed by atoms with Crippen molar-refractivity contribution in [1.82, 2.24) is 0 Å². The molecule has 0 amide bonds. The van der Waals surface area contributed by atoms with E-state index in [0.29, 0.717) is 5.73 Å². The minimum absolute atomic E-state index is 0.0921. The molecule has 0 rings (SSSR count). The van der Waals surface area contributed by atoms with Crippen molar-refractivity contribution < 1.29 is 8.85 Å². The lowest BCUT2D eigenvalue weighted by Crippen LogP contribution is -2.56. The van der Waals surface area contributed by atoms with Crippen molar-refractivity contribution in [2.24, 2.45) is 0 Å². The lowest BCUT2D eigenvalue weighted by molar-refractivity contribution is 0.132. The monoisotopic (exact) mass is 320 g/mol. The van der Waals surface area contributed by atoms with Gasteiger partial charge in [0.2, 0.25) is 9.04 Å². The van der Waals surface area contributed by atoms with Gasteiger partial charge in [0, 0.05) is 5.22 Å². The van der Waals surface area contributed by atoms with E-state index in [-0.39, 0.29) is 5.22 Å². The van der Waals surface area contributed by atoms with Crippen LogP contribution in [0.25, 0.3) is 0 Å². The lowest BCUT2D eigenvalue weighted by atomic mass is 10.3. The van der Waals surface area contributed by atoms with Gasteiger partial charge in [-0.1, -0.05) is 33.5 Å². The Bertz CT molecular complexity index is 271. The smallest absolute Gasteiger partial charge is 0.201 e. The van der Waals surface area contributed by atoms with Crippen LogP contribution < -0.4 is 0 Å². The lowest BCUT2D eigenvalue weighted by Gasteiger charge is -2.44. The maximum Gasteiger partial charge on any atom is 0.201 e. The summed E-state index contributed by atoms with van der Waals surface area (Å²) in [4.78, 5) is 0. The van der Waals surface area contributed by atoms with Gasteiger partial charge in [-0.2, -0.15) is 0 Å². The van der Waals surface area contributed by atoms with Gasteiger partial charge in [-0.3, -0.25) is 0 Å². The summed E-state index contributed by atoms with van der Waals surface area (Å²) in [5.41, 5.74) is 0.369. The third-order valence-electron chi connectivity index (χ3n) is 4.14. The summed E-state index contributed by atoms with van der Waals surface area (Å²) in [5.74, 6) is 0. The van der Waals surface area contributed by atoms with Crippen LogP contribution in [-0.2, 0) is 8.85 Å². The van der Waals surface area contributed by atoms with E-state index in [0.717, 1.165) is 12.8 Å². The van der Waals surface area contributed by atoms with Crippen LogP contribution in [0.4, 0.5) is 0 Å². The van der Waals surface area contributed by atoms with E-state index in [1.807, 2.05) is 0 Å². The zero-order valence-electron chi connectivity index (χ0n) is 14.9. The Morgan fingerprint density at radius 1 is 1.05 bits per heavy atom. The van der Waals surface area contributed by atoms with Crippen molar-refractivity contribution in [3.63, 3.8) is 0 Å². The van der Waals surface area contributed by atoms with Gasteiger partial charge in [-0.25, -0.2) is 0 Å². The molecule has 0 aromatic rings. The van der Waals surface area contributed by atoms with Crippen LogP contribution in [-0.4, -0.2) is 36.4 Å². The van der Waals surface area contributed by atoms with Gasteiger partial charge in [-0.15, -0.1) is 0 Å². The second-order valence-corrected chi connectivity index (χ2v) is 20.2. The van der Waals surface area contributed by atoms with E-state index in [2.05, 4.69) is 66.6 Å². The molecule has 19 heavy (non-hydrogen) atoms. The highest BCUT2D eigenvalue weighted by Gasteiger charge is 2.41. The topological polar surface area (TPSA) is 18.5 Å². The second kappa shape index (κ2) is 7.02. The number of hydrogen-bond acceptors (Lipinski definition) is 2. The van der Waals surface area contributed by atoms with E-state index < -0.39 is 25.4 Å². The van der Waals surface area contributed by atoms with Gasteiger partial charge >= 0.3 is 0 Å². The predicted molar refractivity (Wildman–Crippen MR) is 94.7 cm³/mol. The van der Waals surface area contributed by atoms with Crippen LogP contribution in [0.2, 0.25) is 45.8 Å². The fraction of sp³-hybridized carbons (Fsp3) is 1.00. The summed E-state index contributed by atoms with van der Waals surface area (Å²) in [6.07, 6.45) is 2.20. The van der Waals surface area contributed by atoms with Gasteiger partial charge in [0.15, 0.2) is 8.32 Å². The Morgan fingerprint density at radius 2 is 1.53 bits per heavy atom. The van der Waals surface area contributed by atoms with Crippen LogP contribution in [0.15, 0.2) is 0 Å². The highest BCUT2D eigenvalue weighted by atomic mass is 28.4. The Labute approximate surface area is 125 Å². The van der Waals surface area contributed by atoms with Gasteiger partial charge in [0.25, 0.3) is 0 Å². The van der Waals surface area contributed by atoms with Gasteiger partial charge in [0.05, 0.1) is 13.8 Å². The maximum atomic E-state index is 6.65. The second-order valence-electron chi connectivity index (χ2n) is 7.83. The molecule has 0 aromatic heterocycles. The largest absolute Gasteiger partial charge is 0.415 e. The number of hydrogen-bond donors (Lipinski definition) is 0. The first-order valence-electron chi connectivity index (χ1n) is 7.72. The Kier molecular flexibility index (Phi) is 7.23. The van der Waals surface area contributed by atoms with Crippen LogP contribution in [0.3, 0.4) is 0 Å². The Morgan fingerprint density at radius 3 is 1.79 bits per heavy atom. The summed E-state index contributed by atoms with van der Waals surface area (Å²) in [6, 6.07) is 0. The normalized spacial score (nSPS) is 19.9. The summed E-state index contributed by atoms with van der Waals surface area (Å²) in [5, 5.41) is 0.0921. The molecule has 3 atom stereocenters. The first-order chi connectivity index (χ1) is 8.36. The van der Waals surface area contributed by atoms with Crippen molar-refractivity contribution in [2.45, 2.75) is 90.4 Å². The van der Waals surface area contributed by atoms with Crippen LogP contribution >= 0.6 is 0 Å². The van der Waals surface area contributed by atoms with Crippen molar-refractivity contribution in [2.75, 3.05) is 0 Å². The minimum atomic E-state index is -1.47. The molecule has 0 saturated carbocycles. The molecule has 0 spiro atoms. The molecule has 0 bridgehead atoms. The van der Waals surface area contributed by atoms with E-state index >= 15 is 0 Å². The molecule has 0 aliphatic carbocycles. The molecule has 116 valence electrons. The Balaban J connectivity index is 4.85. The van der Waals surface area contributed by atoms with Crippen LogP contribution in [0.5, 0.6) is 0 Å². The standard InChI is InChI=1S/C14H36O2Si3/c1-11-13(15-19(8,9)10)17(4)16-14(3,12-2)18(5,6)7/h13,17H,11-12H2,1-10H3. The summed E-state index contributed by atoms with van der Waals surface area (Å²) < 4.78 is 13.0. The molecule has 0 aromatic carbocycles. The van der Waals surface area contributed by atoms with E-state index in [1.54, 1.807) is 0 Å². The highest BCUT2D eigenvalue weighted by Crippen LogP contribution is 2.30. The minimum Gasteiger partial charge on any atom is -0.415 e. The Hall–Kier alpha value is 0.571. The fourth-order valence-corrected chi connectivity index (χ4v) is 10.1. The molecule has 3 unspecified atom stereocenters. The predicted octanol–water partition coefficient (Wildman–Crippen LogP) is 4.57. The van der Waals surface area contributed by atoms with E-state index in [4.69, 9.17) is 8.85 Å². The molecule has 0 fully saturated rings. The molecule has 0 N–H and O–H groups in total. The molecule has 0 aliphatic rings. The van der Waals surface area contributed by atoms with Crippen molar-refractivity contribution >= 4 is 25.4 Å². The summed E-state index contributed by atoms with van der Waals surface area (Å²) in [7, 11) is -4.10. The summed E-state index contributed by atoms with van der Waals surface area (Å²) >= 11 is 0. The highest BCUT2D eigenvalue weighted by molar-refractivity contribution is 6.79. The van der Waals surface area contributed by atoms with Gasteiger partial charge < -0.3 is 8.85 Å². The van der Waals surface area contributed by atoms with Crippen LogP contribution in [0, 0.1) is 0 Å². The summed E-state index contributed by atoms with van der Waals surface area (Å²) in [6.45, 7) is 23.2. The van der Waals surface area contributed by atoms with Crippen LogP contribution in [0.1, 0.15) is 33.6 Å². The number of rotatable bonds is 8. The van der Waals surface area contributed by atoms with Crippen molar-refractivity contribution in [3.8, 4) is 0 Å². The third-order valence-corrected chi connectivity index (χ3v) is 11.8. The van der Waals surface area contributed by atoms with Gasteiger partial charge in [-0.05, 0) is 46.0 Å². The van der Waals surface area contributed by atoms with E-state index in [1.165, 1.54) is 0 Å². The van der Waals surface area contributed by atoms with Gasteiger partial charge in [0.1, 0.15) is 0 Å². The molecule has 0 saturated heterocycles. The molecular formula is C14H36O2Si3. The molecule has 5 heteroatoms. The quantitative estimate of drug-likeness (QED) is 0.610. The first-order valence-corrected chi connectivity index (χ1v) is 16.9. The average molecular weight is 321 g/mol. The zero-order chi connectivity index (χ0) is 15.5. The SMILES string of the molecule is CCC(O[Si](C)(C)C)[SiH](C)OC(C)(CC)[Si](C)(C)C. The fourth-order valence-electron chi connectivity index (χ4n) is 2.24. The zero-order valence-corrected chi connectivity index (χ0v) is 18.0. The molecular weight excluding hydrogens is 284 g/mol. The van der Waals surface area contributed by atoms with Crippen molar-refractivity contribution in [3.05, 3.63) is 0 Å². The average Bonchev–Trinajstić information content (AvgIpc) is 2.22. The van der Waals surface area contributed by atoms with Crippen molar-refractivity contribution in [1.29, 1.82) is 0 Å². The first kappa shape index (κ1) is 19.6. The van der Waals surface area contributed by atoms with E-state index in [9.17, 15) is 0 Å². The maximum absolute atomic E-state index is 6.65. The molecule has 0 heterocycles. The molecule has 0 radical (unpaired) electrons.